The number of nitrogens with zero attached hydrogens (tertiary/aromatic N) is 1. The fraction of sp³-hybridized carbons (Fsp3) is 0.500. The van der Waals surface area contributed by atoms with Gasteiger partial charge in [-0.25, -0.2) is 4.98 Å². The van der Waals surface area contributed by atoms with E-state index in [2.05, 4.69) is 31.5 Å². The van der Waals surface area contributed by atoms with Crippen molar-refractivity contribution in [1.82, 2.24) is 10.3 Å². The largest absolute Gasteiger partial charge is 0.378 e. The van der Waals surface area contributed by atoms with E-state index in [1.165, 1.54) is 0 Å². The summed E-state index contributed by atoms with van der Waals surface area (Å²) in [5.74, 6) is 0.880. The minimum absolute atomic E-state index is 0.368. The van der Waals surface area contributed by atoms with E-state index in [4.69, 9.17) is 4.74 Å². The smallest absolute Gasteiger partial charge is 0.140 e. The van der Waals surface area contributed by atoms with E-state index in [1.54, 1.807) is 6.20 Å². The molecule has 15 heavy (non-hydrogen) atoms. The third kappa shape index (κ3) is 3.15. The molecule has 1 aromatic heterocycles. The molecule has 1 aromatic rings. The van der Waals surface area contributed by atoms with Crippen LogP contribution in [0, 0.1) is 0 Å². The van der Waals surface area contributed by atoms with E-state index in [0.29, 0.717) is 6.04 Å². The molecule has 0 amide bonds. The van der Waals surface area contributed by atoms with Gasteiger partial charge >= 0.3 is 0 Å². The summed E-state index contributed by atoms with van der Waals surface area (Å²) in [4.78, 5) is 4.24. The monoisotopic (exact) mass is 271 g/mol. The first-order valence-corrected chi connectivity index (χ1v) is 5.81. The fourth-order valence-electron chi connectivity index (χ4n) is 1.49. The van der Waals surface area contributed by atoms with Crippen LogP contribution in [0.3, 0.4) is 0 Å². The molecule has 0 aliphatic carbocycles. The SMILES string of the molecule is Brc1cccnc1NCC1COCCN1. The lowest BCUT2D eigenvalue weighted by Crippen LogP contribution is -2.45. The zero-order valence-corrected chi connectivity index (χ0v) is 9.96. The summed E-state index contributed by atoms with van der Waals surface area (Å²) >= 11 is 3.44. The minimum atomic E-state index is 0.368. The van der Waals surface area contributed by atoms with Crippen molar-refractivity contribution in [3.8, 4) is 0 Å². The van der Waals surface area contributed by atoms with Crippen LogP contribution in [0.2, 0.25) is 0 Å². The Morgan fingerprint density at radius 3 is 3.33 bits per heavy atom. The lowest BCUT2D eigenvalue weighted by molar-refractivity contribution is 0.0806. The highest BCUT2D eigenvalue weighted by Gasteiger charge is 2.12. The molecule has 4 nitrogen and oxygen atoms in total. The number of hydrogen-bond acceptors (Lipinski definition) is 4. The standard InChI is InChI=1S/C10H14BrN3O/c11-9-2-1-3-13-10(9)14-6-8-7-15-5-4-12-8/h1-3,8,12H,4-7H2,(H,13,14). The van der Waals surface area contributed by atoms with E-state index in [9.17, 15) is 0 Å². The summed E-state index contributed by atoms with van der Waals surface area (Å²) in [5, 5.41) is 6.66. The lowest BCUT2D eigenvalue weighted by atomic mass is 10.3. The molecule has 1 atom stereocenters. The van der Waals surface area contributed by atoms with Gasteiger partial charge in [0.05, 0.1) is 17.7 Å². The molecule has 0 saturated carbocycles. The van der Waals surface area contributed by atoms with Gasteiger partial charge in [-0.15, -0.1) is 0 Å². The molecule has 1 aliphatic rings. The number of anilines is 1. The Kier molecular flexibility index (Phi) is 3.94. The topological polar surface area (TPSA) is 46.2 Å². The number of hydrogen-bond donors (Lipinski definition) is 2. The van der Waals surface area contributed by atoms with Gasteiger partial charge in [-0.3, -0.25) is 0 Å². The van der Waals surface area contributed by atoms with E-state index in [1.807, 2.05) is 12.1 Å². The van der Waals surface area contributed by atoms with Gasteiger partial charge < -0.3 is 15.4 Å². The zero-order chi connectivity index (χ0) is 10.5. The molecule has 1 fully saturated rings. The van der Waals surface area contributed by atoms with Crippen LogP contribution in [0.5, 0.6) is 0 Å². The Balaban J connectivity index is 1.84. The van der Waals surface area contributed by atoms with Gasteiger partial charge in [0.25, 0.3) is 0 Å². The van der Waals surface area contributed by atoms with Gasteiger partial charge in [0.1, 0.15) is 5.82 Å². The number of rotatable bonds is 3. The van der Waals surface area contributed by atoms with Crippen molar-refractivity contribution in [2.24, 2.45) is 0 Å². The number of aromatic nitrogens is 1. The molecule has 2 N–H and O–H groups in total. The molecule has 2 rings (SSSR count). The van der Waals surface area contributed by atoms with Crippen molar-refractivity contribution in [2.75, 3.05) is 31.6 Å². The second-order valence-electron chi connectivity index (χ2n) is 3.44. The molecule has 1 saturated heterocycles. The predicted molar refractivity (Wildman–Crippen MR) is 63.0 cm³/mol. The molecule has 82 valence electrons. The van der Waals surface area contributed by atoms with Crippen LogP contribution in [-0.2, 0) is 4.74 Å². The molecular formula is C10H14BrN3O. The van der Waals surface area contributed by atoms with Crippen LogP contribution in [0.25, 0.3) is 0 Å². The van der Waals surface area contributed by atoms with Crippen molar-refractivity contribution in [3.05, 3.63) is 22.8 Å². The average molecular weight is 272 g/mol. The Morgan fingerprint density at radius 2 is 2.60 bits per heavy atom. The molecule has 1 aliphatic heterocycles. The third-order valence-electron chi connectivity index (χ3n) is 2.27. The van der Waals surface area contributed by atoms with E-state index in [0.717, 1.165) is 36.6 Å². The summed E-state index contributed by atoms with van der Waals surface area (Å²) in [6, 6.07) is 4.24. The van der Waals surface area contributed by atoms with Crippen LogP contribution in [0.1, 0.15) is 0 Å². The Bertz CT molecular complexity index is 315. The van der Waals surface area contributed by atoms with Crippen molar-refractivity contribution in [1.29, 1.82) is 0 Å². The van der Waals surface area contributed by atoms with E-state index < -0.39 is 0 Å². The Labute approximate surface area is 97.6 Å². The molecule has 0 radical (unpaired) electrons. The summed E-state index contributed by atoms with van der Waals surface area (Å²) < 4.78 is 6.35. The molecule has 0 spiro atoms. The molecule has 5 heteroatoms. The van der Waals surface area contributed by atoms with Crippen molar-refractivity contribution in [3.63, 3.8) is 0 Å². The number of nitrogens with one attached hydrogen (secondary N) is 2. The summed E-state index contributed by atoms with van der Waals surface area (Å²) in [6.07, 6.45) is 1.78. The van der Waals surface area contributed by atoms with Gasteiger partial charge in [-0.1, -0.05) is 0 Å². The number of ether oxygens (including phenoxy) is 1. The summed E-state index contributed by atoms with van der Waals surface area (Å²) in [5.41, 5.74) is 0. The summed E-state index contributed by atoms with van der Waals surface area (Å²) in [6.45, 7) is 3.33. The number of morpholine rings is 1. The normalized spacial score (nSPS) is 21.3. The number of pyridine rings is 1. The molecule has 0 aromatic carbocycles. The number of halogens is 1. The highest BCUT2D eigenvalue weighted by Crippen LogP contribution is 2.17. The third-order valence-corrected chi connectivity index (χ3v) is 2.91. The van der Waals surface area contributed by atoms with Crippen LogP contribution >= 0.6 is 15.9 Å². The second kappa shape index (κ2) is 5.44. The average Bonchev–Trinajstić information content (AvgIpc) is 2.29. The zero-order valence-electron chi connectivity index (χ0n) is 8.37. The maximum absolute atomic E-state index is 5.37. The molecular weight excluding hydrogens is 258 g/mol. The lowest BCUT2D eigenvalue weighted by Gasteiger charge is -2.24. The predicted octanol–water partition coefficient (Wildman–Crippen LogP) is 1.24. The molecule has 2 heterocycles. The highest BCUT2D eigenvalue weighted by atomic mass is 79.9. The van der Waals surface area contributed by atoms with Crippen LogP contribution in [0.15, 0.2) is 22.8 Å². The van der Waals surface area contributed by atoms with E-state index in [-0.39, 0.29) is 0 Å². The maximum atomic E-state index is 5.37. The first-order chi connectivity index (χ1) is 7.36. The first kappa shape index (κ1) is 10.9. The summed E-state index contributed by atoms with van der Waals surface area (Å²) in [7, 11) is 0. The van der Waals surface area contributed by atoms with Crippen molar-refractivity contribution >= 4 is 21.7 Å². The Hall–Kier alpha value is -0.650. The van der Waals surface area contributed by atoms with Crippen LogP contribution < -0.4 is 10.6 Å². The van der Waals surface area contributed by atoms with Crippen molar-refractivity contribution < 1.29 is 4.74 Å². The van der Waals surface area contributed by atoms with E-state index >= 15 is 0 Å². The minimum Gasteiger partial charge on any atom is -0.378 e. The van der Waals surface area contributed by atoms with Gasteiger partial charge in [-0.05, 0) is 28.1 Å². The van der Waals surface area contributed by atoms with Gasteiger partial charge in [0.15, 0.2) is 0 Å². The van der Waals surface area contributed by atoms with Gasteiger partial charge in [0.2, 0.25) is 0 Å². The van der Waals surface area contributed by atoms with Crippen molar-refractivity contribution in [2.45, 2.75) is 6.04 Å². The fourth-order valence-corrected chi connectivity index (χ4v) is 1.88. The Morgan fingerprint density at radius 1 is 1.67 bits per heavy atom. The van der Waals surface area contributed by atoms with Crippen LogP contribution in [-0.4, -0.2) is 37.3 Å². The van der Waals surface area contributed by atoms with Gasteiger partial charge in [0, 0.05) is 25.3 Å². The molecule has 1 unspecified atom stereocenters. The van der Waals surface area contributed by atoms with Crippen LogP contribution in [0.4, 0.5) is 5.82 Å². The molecule has 0 bridgehead atoms. The first-order valence-electron chi connectivity index (χ1n) is 5.02. The maximum Gasteiger partial charge on any atom is 0.140 e. The second-order valence-corrected chi connectivity index (χ2v) is 4.30. The quantitative estimate of drug-likeness (QED) is 0.869. The van der Waals surface area contributed by atoms with Gasteiger partial charge in [-0.2, -0.15) is 0 Å². The highest BCUT2D eigenvalue weighted by molar-refractivity contribution is 9.10.